The second-order valence-electron chi connectivity index (χ2n) is 13.1. The number of carbonyl (C=O) groups is 2. The fraction of sp³-hybridized carbons (Fsp3) is 0.436. The van der Waals surface area contributed by atoms with E-state index in [0.717, 1.165) is 55.6 Å². The van der Waals surface area contributed by atoms with Crippen molar-refractivity contribution < 1.29 is 14.0 Å². The Bertz CT molecular complexity index is 1450. The van der Waals surface area contributed by atoms with Gasteiger partial charge in [0.25, 0.3) is 0 Å². The summed E-state index contributed by atoms with van der Waals surface area (Å²) in [4.78, 5) is 32.1. The summed E-state index contributed by atoms with van der Waals surface area (Å²) in [5.41, 5.74) is 4.98. The summed E-state index contributed by atoms with van der Waals surface area (Å²) in [7, 11) is 0. The van der Waals surface area contributed by atoms with Crippen LogP contribution in [0.15, 0.2) is 84.4 Å². The highest BCUT2D eigenvalue weighted by molar-refractivity contribution is 5.98. The summed E-state index contributed by atoms with van der Waals surface area (Å²) in [5, 5.41) is 6.84. The molecule has 1 aliphatic carbocycles. The van der Waals surface area contributed by atoms with Crippen molar-refractivity contribution in [2.75, 3.05) is 39.3 Å². The monoisotopic (exact) mass is 622 g/mol. The Labute approximate surface area is 273 Å². The zero-order chi connectivity index (χ0) is 31.7. The predicted octanol–water partition coefficient (Wildman–Crippen LogP) is 5.93. The van der Waals surface area contributed by atoms with Gasteiger partial charge in [0.15, 0.2) is 0 Å². The molecule has 0 unspecified atom stereocenters. The first-order chi connectivity index (χ1) is 22.5. The smallest absolute Gasteiger partial charge is 0.247 e. The minimum absolute atomic E-state index is 0.0182. The average Bonchev–Trinajstić information content (AvgIpc) is 3.24. The third-order valence-electron chi connectivity index (χ3n) is 9.92. The minimum atomic E-state index is -0.294. The Kier molecular flexibility index (Phi) is 10.9. The van der Waals surface area contributed by atoms with Gasteiger partial charge in [0.1, 0.15) is 5.82 Å². The lowest BCUT2D eigenvalue weighted by Gasteiger charge is -2.30. The SMILES string of the molecule is O=C(NC[C@@H]1CCN(CC(c2ccccc2)c2ccccc2)C(=O)[C@H](CCCN2CCCCC2)N1)C1=Cc2ccc(F)cc2CC1. The average molecular weight is 623 g/mol. The van der Waals surface area contributed by atoms with Crippen LogP contribution in [0.5, 0.6) is 0 Å². The lowest BCUT2D eigenvalue weighted by Crippen LogP contribution is -2.49. The van der Waals surface area contributed by atoms with Gasteiger partial charge in [0.05, 0.1) is 6.04 Å². The maximum absolute atomic E-state index is 14.2. The molecular formula is C39H47FN4O2. The van der Waals surface area contributed by atoms with Gasteiger partial charge < -0.3 is 20.4 Å². The molecule has 6 nitrogen and oxygen atoms in total. The highest BCUT2D eigenvalue weighted by atomic mass is 19.1. The third kappa shape index (κ3) is 8.31. The second kappa shape index (κ2) is 15.7. The third-order valence-corrected chi connectivity index (χ3v) is 9.92. The quantitative estimate of drug-likeness (QED) is 0.278. The van der Waals surface area contributed by atoms with E-state index >= 15 is 0 Å². The van der Waals surface area contributed by atoms with Crippen molar-refractivity contribution in [3.63, 3.8) is 0 Å². The van der Waals surface area contributed by atoms with E-state index in [1.807, 2.05) is 18.2 Å². The summed E-state index contributed by atoms with van der Waals surface area (Å²) < 4.78 is 13.7. The van der Waals surface area contributed by atoms with E-state index in [0.29, 0.717) is 32.5 Å². The molecule has 6 rings (SSSR count). The molecule has 0 radical (unpaired) electrons. The molecular weight excluding hydrogens is 575 g/mol. The standard InChI is InChI=1S/C39H47FN4O2/c40-34-19-18-31-25-33(17-16-32(31)26-34)38(45)41-27-35-20-24-44(39(46)37(42-35)15-10-23-43-21-8-3-9-22-43)28-36(29-11-4-1-5-12-29)30-13-6-2-7-14-30/h1-2,4-7,11-14,18-19,25-26,35-37,42H,3,8-10,15-17,20-24,27-28H2,(H,41,45)/t35-,37-/m0/s1. The summed E-state index contributed by atoms with van der Waals surface area (Å²) >= 11 is 0. The maximum atomic E-state index is 14.2. The molecule has 2 fully saturated rings. The number of aryl methyl sites for hydroxylation is 1. The molecule has 7 heteroatoms. The van der Waals surface area contributed by atoms with E-state index in [1.165, 1.54) is 36.5 Å². The summed E-state index contributed by atoms with van der Waals surface area (Å²) in [6, 6.07) is 25.4. The Morgan fingerprint density at radius 2 is 1.63 bits per heavy atom. The van der Waals surface area contributed by atoms with E-state index in [2.05, 4.69) is 69.0 Å². The van der Waals surface area contributed by atoms with Crippen LogP contribution >= 0.6 is 0 Å². The van der Waals surface area contributed by atoms with Gasteiger partial charge in [0, 0.05) is 37.2 Å². The van der Waals surface area contributed by atoms with Crippen molar-refractivity contribution in [2.24, 2.45) is 0 Å². The molecule has 0 spiro atoms. The van der Waals surface area contributed by atoms with Crippen molar-refractivity contribution in [3.8, 4) is 0 Å². The molecule has 3 aliphatic rings. The van der Waals surface area contributed by atoms with Crippen LogP contribution < -0.4 is 10.6 Å². The molecule has 2 saturated heterocycles. The van der Waals surface area contributed by atoms with Crippen molar-refractivity contribution >= 4 is 17.9 Å². The van der Waals surface area contributed by atoms with Crippen LogP contribution in [0.25, 0.3) is 6.08 Å². The maximum Gasteiger partial charge on any atom is 0.247 e. The van der Waals surface area contributed by atoms with Gasteiger partial charge in [-0.2, -0.15) is 0 Å². The summed E-state index contributed by atoms with van der Waals surface area (Å²) in [5.74, 6) is -0.0964. The molecule has 0 bridgehead atoms. The van der Waals surface area contributed by atoms with Crippen LogP contribution in [-0.4, -0.2) is 73.0 Å². The van der Waals surface area contributed by atoms with Crippen LogP contribution in [0, 0.1) is 5.82 Å². The number of rotatable bonds is 11. The number of hydrogen-bond donors (Lipinski definition) is 2. The van der Waals surface area contributed by atoms with Crippen molar-refractivity contribution in [1.82, 2.24) is 20.4 Å². The fourth-order valence-electron chi connectivity index (χ4n) is 7.30. The number of nitrogens with one attached hydrogen (secondary N) is 2. The number of carbonyl (C=O) groups excluding carboxylic acids is 2. The molecule has 2 N–H and O–H groups in total. The number of nitrogens with zero attached hydrogens (tertiary/aromatic N) is 2. The minimum Gasteiger partial charge on any atom is -0.351 e. The van der Waals surface area contributed by atoms with Gasteiger partial charge >= 0.3 is 0 Å². The van der Waals surface area contributed by atoms with Crippen molar-refractivity contribution in [1.29, 1.82) is 0 Å². The number of fused-ring (bicyclic) bond motifs is 1. The van der Waals surface area contributed by atoms with E-state index in [9.17, 15) is 14.0 Å². The number of hydrogen-bond acceptors (Lipinski definition) is 4. The normalized spacial score (nSPS) is 20.6. The highest BCUT2D eigenvalue weighted by Gasteiger charge is 2.33. The lowest BCUT2D eigenvalue weighted by atomic mass is 9.90. The van der Waals surface area contributed by atoms with E-state index < -0.39 is 0 Å². The van der Waals surface area contributed by atoms with Gasteiger partial charge in [-0.1, -0.05) is 73.2 Å². The van der Waals surface area contributed by atoms with Gasteiger partial charge in [-0.25, -0.2) is 4.39 Å². The highest BCUT2D eigenvalue weighted by Crippen LogP contribution is 2.28. The molecule has 0 aromatic heterocycles. The number of piperidine rings is 1. The Balaban J connectivity index is 1.15. The Morgan fingerprint density at radius 1 is 0.913 bits per heavy atom. The van der Waals surface area contributed by atoms with E-state index in [1.54, 1.807) is 12.1 Å². The molecule has 2 amide bonds. The van der Waals surface area contributed by atoms with Gasteiger partial charge in [-0.15, -0.1) is 0 Å². The zero-order valence-corrected chi connectivity index (χ0v) is 26.8. The second-order valence-corrected chi connectivity index (χ2v) is 13.1. The molecule has 2 aliphatic heterocycles. The zero-order valence-electron chi connectivity index (χ0n) is 26.8. The number of likely N-dealkylation sites (tertiary alicyclic amines) is 1. The van der Waals surface area contributed by atoms with Crippen LogP contribution in [0.3, 0.4) is 0 Å². The number of amides is 2. The molecule has 242 valence electrons. The fourth-order valence-corrected chi connectivity index (χ4v) is 7.30. The first kappa shape index (κ1) is 32.1. The molecule has 2 heterocycles. The van der Waals surface area contributed by atoms with Crippen molar-refractivity contribution in [2.45, 2.75) is 69.4 Å². The largest absolute Gasteiger partial charge is 0.351 e. The van der Waals surface area contributed by atoms with Crippen LogP contribution in [0.2, 0.25) is 0 Å². The van der Waals surface area contributed by atoms with Crippen LogP contribution in [0.1, 0.15) is 73.1 Å². The molecule has 3 aromatic carbocycles. The van der Waals surface area contributed by atoms with Crippen LogP contribution in [0.4, 0.5) is 4.39 Å². The van der Waals surface area contributed by atoms with E-state index in [-0.39, 0.29) is 35.6 Å². The topological polar surface area (TPSA) is 64.7 Å². The molecule has 0 saturated carbocycles. The van der Waals surface area contributed by atoms with Gasteiger partial charge in [0.2, 0.25) is 11.8 Å². The van der Waals surface area contributed by atoms with Crippen molar-refractivity contribution in [3.05, 3.63) is 113 Å². The molecule has 2 atom stereocenters. The van der Waals surface area contributed by atoms with Gasteiger partial charge in [-0.05, 0) is 105 Å². The Morgan fingerprint density at radius 3 is 2.35 bits per heavy atom. The molecule has 3 aromatic rings. The van der Waals surface area contributed by atoms with E-state index in [4.69, 9.17) is 0 Å². The summed E-state index contributed by atoms with van der Waals surface area (Å²) in [6.07, 6.45) is 9.45. The first-order valence-electron chi connectivity index (χ1n) is 17.2. The number of halogens is 1. The van der Waals surface area contributed by atoms with Crippen LogP contribution in [-0.2, 0) is 16.0 Å². The lowest BCUT2D eigenvalue weighted by molar-refractivity contribution is -0.133. The van der Waals surface area contributed by atoms with Gasteiger partial charge in [-0.3, -0.25) is 9.59 Å². The Hall–Kier alpha value is -3.81. The molecule has 46 heavy (non-hydrogen) atoms. The first-order valence-corrected chi connectivity index (χ1v) is 17.2. The summed E-state index contributed by atoms with van der Waals surface area (Å²) in [6.45, 7) is 5.02. The number of benzene rings is 3. The predicted molar refractivity (Wildman–Crippen MR) is 182 cm³/mol.